The van der Waals surface area contributed by atoms with Crippen LogP contribution in [-0.4, -0.2) is 41.2 Å². The number of thiophene rings is 1. The Morgan fingerprint density at radius 1 is 1.27 bits per heavy atom. The molecule has 6 heteroatoms. The second-order valence-electron chi connectivity index (χ2n) is 7.61. The number of carbonyl (C=O) groups excluding carboxylic acids is 2. The number of hydrogen-bond acceptors (Lipinski definition) is 3. The molecule has 1 aliphatic heterocycles. The van der Waals surface area contributed by atoms with Crippen LogP contribution < -0.4 is 0 Å². The van der Waals surface area contributed by atoms with Crippen molar-refractivity contribution in [2.45, 2.75) is 45.1 Å². The van der Waals surface area contributed by atoms with Crippen molar-refractivity contribution in [3.8, 4) is 0 Å². The van der Waals surface area contributed by atoms with Crippen molar-refractivity contribution in [1.29, 1.82) is 0 Å². The van der Waals surface area contributed by atoms with Gasteiger partial charge in [-0.2, -0.15) is 0 Å². The third-order valence-corrected chi connectivity index (χ3v) is 6.49. The van der Waals surface area contributed by atoms with E-state index in [4.69, 9.17) is 0 Å². The Hall–Kier alpha value is -2.47. The molecule has 0 N–H and O–H groups in total. The Morgan fingerprint density at radius 3 is 2.73 bits per heavy atom. The van der Waals surface area contributed by atoms with Gasteiger partial charge in [0.2, 0.25) is 11.8 Å². The summed E-state index contributed by atoms with van der Waals surface area (Å²) < 4.78 is 13.5. The van der Waals surface area contributed by atoms with Gasteiger partial charge in [-0.1, -0.05) is 38.0 Å². The molecule has 2 amide bonds. The zero-order chi connectivity index (χ0) is 21.5. The Bertz CT molecular complexity index is 878. The summed E-state index contributed by atoms with van der Waals surface area (Å²) in [7, 11) is 0. The molecule has 1 aliphatic rings. The van der Waals surface area contributed by atoms with E-state index in [1.165, 1.54) is 17.0 Å². The largest absolute Gasteiger partial charge is 0.330 e. The number of fused-ring (bicyclic) bond motifs is 1. The van der Waals surface area contributed by atoms with Crippen molar-refractivity contribution in [2.24, 2.45) is 0 Å². The van der Waals surface area contributed by atoms with E-state index in [-0.39, 0.29) is 30.2 Å². The minimum atomic E-state index is -0.298. The first-order chi connectivity index (χ1) is 14.5. The van der Waals surface area contributed by atoms with E-state index in [1.807, 2.05) is 16.3 Å². The van der Waals surface area contributed by atoms with E-state index in [9.17, 15) is 14.0 Å². The maximum Gasteiger partial charge on any atom is 0.243 e. The molecule has 0 saturated carbocycles. The molecule has 30 heavy (non-hydrogen) atoms. The number of amides is 2. The van der Waals surface area contributed by atoms with Crippen LogP contribution in [0.15, 0.2) is 48.4 Å². The summed E-state index contributed by atoms with van der Waals surface area (Å²) in [6.45, 7) is 6.81. The van der Waals surface area contributed by atoms with Crippen molar-refractivity contribution in [3.05, 3.63) is 70.2 Å². The smallest absolute Gasteiger partial charge is 0.243 e. The third kappa shape index (κ3) is 5.17. The highest BCUT2D eigenvalue weighted by molar-refractivity contribution is 7.10. The van der Waals surface area contributed by atoms with Crippen LogP contribution in [0.25, 0.3) is 0 Å². The van der Waals surface area contributed by atoms with Gasteiger partial charge < -0.3 is 9.80 Å². The monoisotopic (exact) mass is 428 g/mol. The van der Waals surface area contributed by atoms with Crippen LogP contribution in [0, 0.1) is 5.82 Å². The van der Waals surface area contributed by atoms with Gasteiger partial charge in [0, 0.05) is 24.4 Å². The summed E-state index contributed by atoms with van der Waals surface area (Å²) in [5, 5.41) is 2.04. The zero-order valence-corrected chi connectivity index (χ0v) is 18.3. The lowest BCUT2D eigenvalue weighted by Gasteiger charge is -2.37. The number of halogens is 1. The van der Waals surface area contributed by atoms with Crippen LogP contribution >= 0.6 is 11.3 Å². The molecular formula is C24H29FN2O2S. The quantitative estimate of drug-likeness (QED) is 0.419. The molecular weight excluding hydrogens is 399 g/mol. The van der Waals surface area contributed by atoms with Crippen molar-refractivity contribution in [2.75, 3.05) is 19.6 Å². The number of benzene rings is 1. The van der Waals surface area contributed by atoms with Crippen molar-refractivity contribution >= 4 is 23.2 Å². The Balaban J connectivity index is 1.80. The van der Waals surface area contributed by atoms with Crippen LogP contribution in [-0.2, 0) is 16.0 Å². The molecule has 0 unspecified atom stereocenters. The fourth-order valence-electron chi connectivity index (χ4n) is 3.94. The molecule has 0 fully saturated rings. The Morgan fingerprint density at radius 2 is 2.03 bits per heavy atom. The predicted molar refractivity (Wildman–Crippen MR) is 119 cm³/mol. The van der Waals surface area contributed by atoms with Crippen LogP contribution in [0.2, 0.25) is 0 Å². The van der Waals surface area contributed by atoms with Gasteiger partial charge in [0.25, 0.3) is 0 Å². The molecule has 3 rings (SSSR count). The molecule has 0 bridgehead atoms. The van der Waals surface area contributed by atoms with E-state index in [0.29, 0.717) is 19.5 Å². The standard InChI is InChI=1S/C24H29FN2O2S/c1-3-5-6-7-22(28)26(14-4-2)17-23(29)27-15-12-21-20(13-16-30-21)24(27)18-8-10-19(25)11-9-18/h4,8-11,13,16,24H,2-3,5-7,12,14-15,17H2,1H3/t24-/m1/s1. The van der Waals surface area contributed by atoms with Crippen LogP contribution in [0.4, 0.5) is 4.39 Å². The molecule has 0 saturated heterocycles. The van der Waals surface area contributed by atoms with Crippen molar-refractivity contribution in [1.82, 2.24) is 9.80 Å². The second-order valence-corrected chi connectivity index (χ2v) is 8.61. The van der Waals surface area contributed by atoms with Crippen LogP contribution in [0.5, 0.6) is 0 Å². The Kier molecular flexibility index (Phi) is 7.80. The van der Waals surface area contributed by atoms with E-state index >= 15 is 0 Å². The first-order valence-electron chi connectivity index (χ1n) is 10.5. The highest BCUT2D eigenvalue weighted by Gasteiger charge is 2.33. The first kappa shape index (κ1) is 22.2. The van der Waals surface area contributed by atoms with Gasteiger partial charge in [0.05, 0.1) is 6.04 Å². The van der Waals surface area contributed by atoms with Gasteiger partial charge in [-0.15, -0.1) is 17.9 Å². The topological polar surface area (TPSA) is 40.6 Å². The Labute approximate surface area is 182 Å². The molecule has 2 heterocycles. The zero-order valence-electron chi connectivity index (χ0n) is 17.5. The lowest BCUT2D eigenvalue weighted by Crippen LogP contribution is -2.46. The first-order valence-corrected chi connectivity index (χ1v) is 11.4. The average molecular weight is 429 g/mol. The van der Waals surface area contributed by atoms with E-state index in [0.717, 1.165) is 36.8 Å². The molecule has 1 atom stereocenters. The number of unbranched alkanes of at least 4 members (excludes halogenated alkanes) is 2. The number of rotatable bonds is 9. The fourth-order valence-corrected chi connectivity index (χ4v) is 4.84. The summed E-state index contributed by atoms with van der Waals surface area (Å²) >= 11 is 1.69. The molecule has 0 radical (unpaired) electrons. The molecule has 160 valence electrons. The molecule has 4 nitrogen and oxygen atoms in total. The number of hydrogen-bond donors (Lipinski definition) is 0. The van der Waals surface area contributed by atoms with Gasteiger partial charge in [0.15, 0.2) is 0 Å². The van der Waals surface area contributed by atoms with E-state index in [2.05, 4.69) is 13.5 Å². The van der Waals surface area contributed by atoms with Crippen molar-refractivity contribution < 1.29 is 14.0 Å². The highest BCUT2D eigenvalue weighted by Crippen LogP contribution is 2.37. The molecule has 0 aliphatic carbocycles. The lowest BCUT2D eigenvalue weighted by molar-refractivity contribution is -0.141. The summed E-state index contributed by atoms with van der Waals surface area (Å²) in [5.41, 5.74) is 1.98. The normalized spacial score (nSPS) is 15.5. The van der Waals surface area contributed by atoms with Crippen LogP contribution in [0.1, 0.15) is 54.7 Å². The summed E-state index contributed by atoms with van der Waals surface area (Å²) in [6.07, 6.45) is 5.78. The number of nitrogens with zero attached hydrogens (tertiary/aromatic N) is 2. The third-order valence-electron chi connectivity index (χ3n) is 5.49. The van der Waals surface area contributed by atoms with E-state index in [1.54, 1.807) is 34.4 Å². The summed E-state index contributed by atoms with van der Waals surface area (Å²) in [4.78, 5) is 30.6. The van der Waals surface area contributed by atoms with Crippen molar-refractivity contribution in [3.63, 3.8) is 0 Å². The molecule has 1 aromatic heterocycles. The minimum Gasteiger partial charge on any atom is -0.330 e. The van der Waals surface area contributed by atoms with Gasteiger partial charge in [0.1, 0.15) is 12.4 Å². The molecule has 0 spiro atoms. The van der Waals surface area contributed by atoms with Crippen LogP contribution in [0.3, 0.4) is 0 Å². The minimum absolute atomic E-state index is 0.0109. The summed E-state index contributed by atoms with van der Waals surface area (Å²) in [6, 6.07) is 8.13. The van der Waals surface area contributed by atoms with Gasteiger partial charge in [-0.25, -0.2) is 4.39 Å². The SMILES string of the molecule is C=CCN(CC(=O)N1CCc2sccc2[C@H]1c1ccc(F)cc1)C(=O)CCCCC. The predicted octanol–water partition coefficient (Wildman–Crippen LogP) is 4.96. The average Bonchev–Trinajstić information content (AvgIpc) is 3.22. The summed E-state index contributed by atoms with van der Waals surface area (Å²) in [5.74, 6) is -0.400. The maximum absolute atomic E-state index is 13.5. The molecule has 2 aromatic rings. The maximum atomic E-state index is 13.5. The van der Waals surface area contributed by atoms with Gasteiger partial charge in [-0.05, 0) is 47.5 Å². The van der Waals surface area contributed by atoms with Gasteiger partial charge >= 0.3 is 0 Å². The fraction of sp³-hybridized carbons (Fsp3) is 0.417. The van der Waals surface area contributed by atoms with Gasteiger partial charge in [-0.3, -0.25) is 9.59 Å². The number of carbonyl (C=O) groups is 2. The lowest BCUT2D eigenvalue weighted by atomic mass is 9.93. The molecule has 1 aromatic carbocycles. The second kappa shape index (κ2) is 10.5. The highest BCUT2D eigenvalue weighted by atomic mass is 32.1. The van der Waals surface area contributed by atoms with E-state index < -0.39 is 0 Å².